The van der Waals surface area contributed by atoms with Crippen LogP contribution in [0.4, 0.5) is 10.1 Å². The summed E-state index contributed by atoms with van der Waals surface area (Å²) in [7, 11) is 1.16. The minimum Gasteiger partial charge on any atom is -0.505 e. The number of hydrogen-bond donors (Lipinski definition) is 2. The van der Waals surface area contributed by atoms with Crippen molar-refractivity contribution in [2.75, 3.05) is 12.4 Å². The SMILES string of the molecule is COC(=O)c1cccc(NC(=O)c2c(F)cccc2Cl)c1O. The van der Waals surface area contributed by atoms with Gasteiger partial charge in [0.15, 0.2) is 5.75 Å². The minimum absolute atomic E-state index is 0.0628. The predicted octanol–water partition coefficient (Wildman–Crippen LogP) is 3.22. The molecule has 0 saturated carbocycles. The molecule has 0 saturated heterocycles. The van der Waals surface area contributed by atoms with Gasteiger partial charge in [-0.3, -0.25) is 4.79 Å². The molecule has 5 nitrogen and oxygen atoms in total. The molecular weight excluding hydrogens is 313 g/mol. The summed E-state index contributed by atoms with van der Waals surface area (Å²) in [4.78, 5) is 23.6. The molecule has 0 atom stereocenters. The monoisotopic (exact) mass is 323 g/mol. The number of anilines is 1. The number of phenolic OH excluding ortho intramolecular Hbond substituents is 1. The normalized spacial score (nSPS) is 10.1. The zero-order chi connectivity index (χ0) is 16.3. The number of benzene rings is 2. The van der Waals surface area contributed by atoms with E-state index in [4.69, 9.17) is 11.6 Å². The fraction of sp³-hybridized carbons (Fsp3) is 0.0667. The van der Waals surface area contributed by atoms with Crippen LogP contribution in [0.2, 0.25) is 5.02 Å². The van der Waals surface area contributed by atoms with E-state index < -0.39 is 23.4 Å². The number of ether oxygens (including phenoxy) is 1. The number of halogens is 2. The second kappa shape index (κ2) is 6.44. The first-order valence-corrected chi connectivity index (χ1v) is 6.49. The topological polar surface area (TPSA) is 75.6 Å². The standard InChI is InChI=1S/C15H11ClFNO4/c1-22-15(21)8-4-2-7-11(13(8)19)18-14(20)12-9(16)5-3-6-10(12)17/h2-7,19H,1H3,(H,18,20). The van der Waals surface area contributed by atoms with Crippen molar-refractivity contribution in [3.05, 3.63) is 58.4 Å². The van der Waals surface area contributed by atoms with Crippen LogP contribution in [0, 0.1) is 5.82 Å². The Hall–Kier alpha value is -2.60. The van der Waals surface area contributed by atoms with E-state index in [1.54, 1.807) is 0 Å². The highest BCUT2D eigenvalue weighted by atomic mass is 35.5. The van der Waals surface area contributed by atoms with Gasteiger partial charge in [-0.05, 0) is 24.3 Å². The van der Waals surface area contributed by atoms with Gasteiger partial charge in [0.25, 0.3) is 5.91 Å². The van der Waals surface area contributed by atoms with Gasteiger partial charge in [0, 0.05) is 0 Å². The highest BCUT2D eigenvalue weighted by Gasteiger charge is 2.19. The van der Waals surface area contributed by atoms with E-state index in [1.165, 1.54) is 30.3 Å². The number of esters is 1. The lowest BCUT2D eigenvalue weighted by molar-refractivity contribution is 0.0597. The van der Waals surface area contributed by atoms with Crippen molar-refractivity contribution >= 4 is 29.2 Å². The average Bonchev–Trinajstić information content (AvgIpc) is 2.48. The molecule has 7 heteroatoms. The number of aromatic hydroxyl groups is 1. The number of carbonyl (C=O) groups is 2. The number of para-hydroxylation sites is 1. The van der Waals surface area contributed by atoms with Crippen LogP contribution in [0.5, 0.6) is 5.75 Å². The highest BCUT2D eigenvalue weighted by Crippen LogP contribution is 2.29. The van der Waals surface area contributed by atoms with Crippen LogP contribution in [0.1, 0.15) is 20.7 Å². The summed E-state index contributed by atoms with van der Waals surface area (Å²) in [6.45, 7) is 0. The van der Waals surface area contributed by atoms with Crippen LogP contribution in [-0.2, 0) is 4.74 Å². The Bertz CT molecular complexity index is 728. The van der Waals surface area contributed by atoms with Crippen molar-refractivity contribution in [3.8, 4) is 5.75 Å². The lowest BCUT2D eigenvalue weighted by atomic mass is 10.1. The Labute approximate surface area is 130 Å². The molecule has 0 aromatic heterocycles. The quantitative estimate of drug-likeness (QED) is 0.671. The summed E-state index contributed by atoms with van der Waals surface area (Å²) in [5.41, 5.74) is -0.542. The molecule has 0 aliphatic heterocycles. The molecule has 0 heterocycles. The van der Waals surface area contributed by atoms with Crippen LogP contribution >= 0.6 is 11.6 Å². The van der Waals surface area contributed by atoms with Crippen LogP contribution in [0.15, 0.2) is 36.4 Å². The third kappa shape index (κ3) is 3.01. The Kier molecular flexibility index (Phi) is 4.62. The van der Waals surface area contributed by atoms with E-state index in [-0.39, 0.29) is 21.8 Å². The van der Waals surface area contributed by atoms with Crippen LogP contribution in [0.3, 0.4) is 0 Å². The molecule has 114 valence electrons. The van der Waals surface area contributed by atoms with E-state index in [0.717, 1.165) is 13.2 Å². The zero-order valence-corrected chi connectivity index (χ0v) is 12.1. The van der Waals surface area contributed by atoms with Crippen LogP contribution < -0.4 is 5.32 Å². The average molecular weight is 324 g/mol. The van der Waals surface area contributed by atoms with Crippen molar-refractivity contribution in [2.24, 2.45) is 0 Å². The van der Waals surface area contributed by atoms with Gasteiger partial charge < -0.3 is 15.2 Å². The number of nitrogens with one attached hydrogen (secondary N) is 1. The highest BCUT2D eigenvalue weighted by molar-refractivity contribution is 6.34. The lowest BCUT2D eigenvalue weighted by Crippen LogP contribution is -2.15. The maximum atomic E-state index is 13.7. The zero-order valence-electron chi connectivity index (χ0n) is 11.4. The first-order chi connectivity index (χ1) is 10.5. The molecule has 0 aliphatic rings. The summed E-state index contributed by atoms with van der Waals surface area (Å²) in [5.74, 6) is -2.89. The third-order valence-electron chi connectivity index (χ3n) is 2.88. The van der Waals surface area contributed by atoms with E-state index in [0.29, 0.717) is 0 Å². The van der Waals surface area contributed by atoms with Gasteiger partial charge in [-0.2, -0.15) is 0 Å². The molecule has 2 rings (SSSR count). The summed E-state index contributed by atoms with van der Waals surface area (Å²) in [6, 6.07) is 7.94. The molecule has 1 amide bonds. The summed E-state index contributed by atoms with van der Waals surface area (Å²) in [6.07, 6.45) is 0. The maximum absolute atomic E-state index is 13.7. The van der Waals surface area contributed by atoms with Gasteiger partial charge in [-0.1, -0.05) is 23.7 Å². The van der Waals surface area contributed by atoms with Gasteiger partial charge in [-0.25, -0.2) is 9.18 Å². The molecule has 0 fully saturated rings. The van der Waals surface area contributed by atoms with E-state index in [9.17, 15) is 19.1 Å². The van der Waals surface area contributed by atoms with Gasteiger partial charge >= 0.3 is 5.97 Å². The van der Waals surface area contributed by atoms with Crippen molar-refractivity contribution in [1.82, 2.24) is 0 Å². The van der Waals surface area contributed by atoms with Crippen LogP contribution in [-0.4, -0.2) is 24.1 Å². The number of phenols is 1. The molecule has 2 aromatic carbocycles. The molecule has 0 aliphatic carbocycles. The van der Waals surface area contributed by atoms with Crippen LogP contribution in [0.25, 0.3) is 0 Å². The number of amides is 1. The van der Waals surface area contributed by atoms with E-state index in [2.05, 4.69) is 10.1 Å². The summed E-state index contributed by atoms with van der Waals surface area (Å²) in [5, 5.41) is 12.2. The second-order valence-electron chi connectivity index (χ2n) is 4.24. The van der Waals surface area contributed by atoms with Crippen molar-refractivity contribution < 1.29 is 23.8 Å². The minimum atomic E-state index is -0.847. The first kappa shape index (κ1) is 15.8. The summed E-state index contributed by atoms with van der Waals surface area (Å²) >= 11 is 5.80. The molecule has 0 bridgehead atoms. The van der Waals surface area contributed by atoms with Gasteiger partial charge in [0.1, 0.15) is 11.4 Å². The Morgan fingerprint density at radius 2 is 1.91 bits per heavy atom. The largest absolute Gasteiger partial charge is 0.505 e. The van der Waals surface area contributed by atoms with Crippen molar-refractivity contribution in [1.29, 1.82) is 0 Å². The molecular formula is C15H11ClFNO4. The van der Waals surface area contributed by atoms with E-state index >= 15 is 0 Å². The maximum Gasteiger partial charge on any atom is 0.341 e. The Balaban J connectivity index is 2.35. The van der Waals surface area contributed by atoms with Crippen molar-refractivity contribution in [3.63, 3.8) is 0 Å². The smallest absolute Gasteiger partial charge is 0.341 e. The third-order valence-corrected chi connectivity index (χ3v) is 3.19. The van der Waals surface area contributed by atoms with Crippen molar-refractivity contribution in [2.45, 2.75) is 0 Å². The Morgan fingerprint density at radius 1 is 1.23 bits per heavy atom. The Morgan fingerprint density at radius 3 is 2.55 bits per heavy atom. The molecule has 2 aromatic rings. The number of methoxy groups -OCH3 is 1. The first-order valence-electron chi connectivity index (χ1n) is 6.11. The number of carbonyl (C=O) groups excluding carboxylic acids is 2. The predicted molar refractivity (Wildman–Crippen MR) is 78.8 cm³/mol. The fourth-order valence-electron chi connectivity index (χ4n) is 1.82. The van der Waals surface area contributed by atoms with E-state index in [1.807, 2.05) is 0 Å². The lowest BCUT2D eigenvalue weighted by Gasteiger charge is -2.11. The van der Waals surface area contributed by atoms with Gasteiger partial charge in [-0.15, -0.1) is 0 Å². The fourth-order valence-corrected chi connectivity index (χ4v) is 2.07. The van der Waals surface area contributed by atoms with Gasteiger partial charge in [0.05, 0.1) is 23.4 Å². The second-order valence-corrected chi connectivity index (χ2v) is 4.65. The molecule has 0 radical (unpaired) electrons. The molecule has 0 spiro atoms. The van der Waals surface area contributed by atoms with Gasteiger partial charge in [0.2, 0.25) is 0 Å². The molecule has 22 heavy (non-hydrogen) atoms. The summed E-state index contributed by atoms with van der Waals surface area (Å²) < 4.78 is 18.2. The molecule has 2 N–H and O–H groups in total. The number of rotatable bonds is 3. The molecule has 0 unspecified atom stereocenters. The number of hydrogen-bond acceptors (Lipinski definition) is 4.